The standard InChI is InChI=1S/C14H16N2O2S/c1-8-6-17-11-4-3-10(5-12(11)18-7-8)13-9(2)19-14(15)16-13/h3-5,8H,6-7H2,1-2H3,(H2,15,16). The number of aromatic nitrogens is 1. The molecule has 1 aliphatic rings. The molecule has 0 saturated carbocycles. The van der Waals surface area contributed by atoms with E-state index in [-0.39, 0.29) is 0 Å². The molecule has 1 aromatic carbocycles. The van der Waals surface area contributed by atoms with Gasteiger partial charge in [0.15, 0.2) is 16.6 Å². The van der Waals surface area contributed by atoms with Crippen LogP contribution in [-0.2, 0) is 0 Å². The third-order valence-electron chi connectivity index (χ3n) is 3.08. The average Bonchev–Trinajstić information content (AvgIpc) is 2.61. The van der Waals surface area contributed by atoms with Crippen LogP contribution in [0.5, 0.6) is 11.5 Å². The molecule has 0 amide bonds. The van der Waals surface area contributed by atoms with Gasteiger partial charge in [-0.15, -0.1) is 11.3 Å². The number of nitrogens with zero attached hydrogens (tertiary/aromatic N) is 1. The first-order chi connectivity index (χ1) is 9.13. The van der Waals surface area contributed by atoms with Crippen LogP contribution in [-0.4, -0.2) is 18.2 Å². The molecule has 2 heterocycles. The molecule has 1 aromatic heterocycles. The van der Waals surface area contributed by atoms with Gasteiger partial charge in [0.25, 0.3) is 0 Å². The Morgan fingerprint density at radius 1 is 1.26 bits per heavy atom. The lowest BCUT2D eigenvalue weighted by atomic mass is 10.1. The fourth-order valence-corrected chi connectivity index (χ4v) is 2.80. The van der Waals surface area contributed by atoms with Gasteiger partial charge in [0.2, 0.25) is 0 Å². The number of nitrogens with two attached hydrogens (primary N) is 1. The Labute approximate surface area is 116 Å². The number of thiazole rings is 1. The van der Waals surface area contributed by atoms with E-state index in [1.54, 1.807) is 0 Å². The van der Waals surface area contributed by atoms with Gasteiger partial charge in [-0.05, 0) is 25.1 Å². The van der Waals surface area contributed by atoms with Crippen LogP contribution >= 0.6 is 11.3 Å². The molecule has 0 radical (unpaired) electrons. The van der Waals surface area contributed by atoms with Gasteiger partial charge in [-0.3, -0.25) is 0 Å². The van der Waals surface area contributed by atoms with Crippen LogP contribution in [0.1, 0.15) is 11.8 Å². The van der Waals surface area contributed by atoms with Crippen molar-refractivity contribution in [1.82, 2.24) is 4.98 Å². The molecule has 0 aliphatic carbocycles. The van der Waals surface area contributed by atoms with E-state index in [1.807, 2.05) is 25.1 Å². The van der Waals surface area contributed by atoms with Crippen molar-refractivity contribution in [1.29, 1.82) is 0 Å². The first-order valence-corrected chi connectivity index (χ1v) is 7.08. The number of ether oxygens (including phenoxy) is 2. The van der Waals surface area contributed by atoms with Crippen molar-refractivity contribution in [2.24, 2.45) is 5.92 Å². The minimum absolute atomic E-state index is 0.396. The maximum Gasteiger partial charge on any atom is 0.180 e. The first-order valence-electron chi connectivity index (χ1n) is 6.26. The molecule has 5 heteroatoms. The van der Waals surface area contributed by atoms with Crippen molar-refractivity contribution < 1.29 is 9.47 Å². The van der Waals surface area contributed by atoms with Crippen LogP contribution in [0.25, 0.3) is 11.3 Å². The third-order valence-corrected chi connectivity index (χ3v) is 3.88. The van der Waals surface area contributed by atoms with Crippen LogP contribution in [0, 0.1) is 12.8 Å². The normalized spacial score (nSPS) is 18.1. The summed E-state index contributed by atoms with van der Waals surface area (Å²) in [6.45, 7) is 5.50. The second kappa shape index (κ2) is 4.74. The molecule has 4 nitrogen and oxygen atoms in total. The minimum Gasteiger partial charge on any atom is -0.489 e. The van der Waals surface area contributed by atoms with E-state index >= 15 is 0 Å². The van der Waals surface area contributed by atoms with Crippen LogP contribution in [0.2, 0.25) is 0 Å². The van der Waals surface area contributed by atoms with Crippen LogP contribution in [0.3, 0.4) is 0 Å². The van der Waals surface area contributed by atoms with Gasteiger partial charge in [0.1, 0.15) is 0 Å². The highest BCUT2D eigenvalue weighted by molar-refractivity contribution is 7.15. The molecule has 2 N–H and O–H groups in total. The van der Waals surface area contributed by atoms with Gasteiger partial charge in [-0.1, -0.05) is 6.92 Å². The van der Waals surface area contributed by atoms with E-state index in [1.165, 1.54) is 11.3 Å². The van der Waals surface area contributed by atoms with Crippen LogP contribution < -0.4 is 15.2 Å². The fraction of sp³-hybridized carbons (Fsp3) is 0.357. The van der Waals surface area contributed by atoms with Gasteiger partial charge >= 0.3 is 0 Å². The Morgan fingerprint density at radius 2 is 2.00 bits per heavy atom. The molecular formula is C14H16N2O2S. The van der Waals surface area contributed by atoms with Gasteiger partial charge in [-0.2, -0.15) is 0 Å². The molecule has 0 fully saturated rings. The molecule has 0 saturated heterocycles. The Bertz CT molecular complexity index is 609. The van der Waals surface area contributed by atoms with Gasteiger partial charge < -0.3 is 15.2 Å². The number of fused-ring (bicyclic) bond motifs is 1. The second-order valence-electron chi connectivity index (χ2n) is 4.85. The van der Waals surface area contributed by atoms with Crippen molar-refractivity contribution in [3.63, 3.8) is 0 Å². The van der Waals surface area contributed by atoms with E-state index in [0.717, 1.165) is 27.6 Å². The van der Waals surface area contributed by atoms with E-state index < -0.39 is 0 Å². The maximum atomic E-state index is 5.79. The van der Waals surface area contributed by atoms with Crippen molar-refractivity contribution in [2.45, 2.75) is 13.8 Å². The predicted octanol–water partition coefficient (Wildman–Crippen LogP) is 3.11. The number of rotatable bonds is 1. The number of hydrogen-bond acceptors (Lipinski definition) is 5. The van der Waals surface area contributed by atoms with E-state index in [4.69, 9.17) is 15.2 Å². The zero-order valence-electron chi connectivity index (χ0n) is 11.0. The fourth-order valence-electron chi connectivity index (χ4n) is 2.08. The Hall–Kier alpha value is -1.75. The molecule has 0 bridgehead atoms. The molecule has 100 valence electrons. The highest BCUT2D eigenvalue weighted by Crippen LogP contribution is 2.36. The van der Waals surface area contributed by atoms with Crippen LogP contribution in [0.15, 0.2) is 18.2 Å². The highest BCUT2D eigenvalue weighted by atomic mass is 32.1. The van der Waals surface area contributed by atoms with E-state index in [2.05, 4.69) is 11.9 Å². The smallest absolute Gasteiger partial charge is 0.180 e. The average molecular weight is 276 g/mol. The zero-order chi connectivity index (χ0) is 13.4. The lowest BCUT2D eigenvalue weighted by Gasteiger charge is -2.08. The molecule has 3 rings (SSSR count). The summed E-state index contributed by atoms with van der Waals surface area (Å²) < 4.78 is 11.5. The summed E-state index contributed by atoms with van der Waals surface area (Å²) in [5, 5.41) is 0.591. The highest BCUT2D eigenvalue weighted by Gasteiger charge is 2.17. The van der Waals surface area contributed by atoms with Gasteiger partial charge in [0, 0.05) is 16.4 Å². The van der Waals surface area contributed by atoms with Gasteiger partial charge in [-0.25, -0.2) is 4.98 Å². The number of anilines is 1. The molecule has 1 atom stereocenters. The summed E-state index contributed by atoms with van der Waals surface area (Å²) in [5.41, 5.74) is 7.69. The van der Waals surface area contributed by atoms with Crippen molar-refractivity contribution in [3.05, 3.63) is 23.1 Å². The third kappa shape index (κ3) is 2.38. The monoisotopic (exact) mass is 276 g/mol. The lowest BCUT2D eigenvalue weighted by Crippen LogP contribution is -2.12. The Balaban J connectivity index is 2.00. The summed E-state index contributed by atoms with van der Waals surface area (Å²) in [6, 6.07) is 5.92. The molecule has 1 unspecified atom stereocenters. The maximum absolute atomic E-state index is 5.79. The quantitative estimate of drug-likeness (QED) is 0.869. The second-order valence-corrected chi connectivity index (χ2v) is 6.08. The summed E-state index contributed by atoms with van der Waals surface area (Å²) >= 11 is 1.50. The van der Waals surface area contributed by atoms with Crippen molar-refractivity contribution in [2.75, 3.05) is 18.9 Å². The summed E-state index contributed by atoms with van der Waals surface area (Å²) in [5.74, 6) is 1.98. The van der Waals surface area contributed by atoms with Crippen molar-refractivity contribution >= 4 is 16.5 Å². The summed E-state index contributed by atoms with van der Waals surface area (Å²) in [6.07, 6.45) is 0. The zero-order valence-corrected chi connectivity index (χ0v) is 11.8. The number of aryl methyl sites for hydroxylation is 1. The summed E-state index contributed by atoms with van der Waals surface area (Å²) in [7, 11) is 0. The molecular weight excluding hydrogens is 260 g/mol. The molecule has 19 heavy (non-hydrogen) atoms. The molecule has 1 aliphatic heterocycles. The lowest BCUT2D eigenvalue weighted by molar-refractivity contribution is 0.228. The van der Waals surface area contributed by atoms with Crippen LogP contribution in [0.4, 0.5) is 5.13 Å². The molecule has 2 aromatic rings. The van der Waals surface area contributed by atoms with Crippen molar-refractivity contribution in [3.8, 4) is 22.8 Å². The first kappa shape index (κ1) is 12.3. The number of hydrogen-bond donors (Lipinski definition) is 1. The predicted molar refractivity (Wildman–Crippen MR) is 76.9 cm³/mol. The Morgan fingerprint density at radius 3 is 2.68 bits per heavy atom. The minimum atomic E-state index is 0.396. The van der Waals surface area contributed by atoms with Gasteiger partial charge in [0.05, 0.1) is 18.9 Å². The largest absolute Gasteiger partial charge is 0.489 e. The van der Waals surface area contributed by atoms with E-state index in [0.29, 0.717) is 24.3 Å². The SMILES string of the molecule is Cc1sc(N)nc1-c1ccc2c(c1)OCC(C)CO2. The molecule has 0 spiro atoms. The number of nitrogen functional groups attached to an aromatic ring is 1. The van der Waals surface area contributed by atoms with E-state index in [9.17, 15) is 0 Å². The number of benzene rings is 1. The topological polar surface area (TPSA) is 57.4 Å². The Kier molecular flexibility index (Phi) is 3.06. The summed E-state index contributed by atoms with van der Waals surface area (Å²) in [4.78, 5) is 5.48.